The van der Waals surface area contributed by atoms with Gasteiger partial charge in [-0.05, 0) is 51.6 Å². The molecule has 4 nitrogen and oxygen atoms in total. The van der Waals surface area contributed by atoms with Gasteiger partial charge >= 0.3 is 0 Å². The van der Waals surface area contributed by atoms with Gasteiger partial charge in [0.1, 0.15) is 5.75 Å². The highest BCUT2D eigenvalue weighted by atomic mass is 16.5. The average molecular weight is 308 g/mol. The monoisotopic (exact) mass is 308 g/mol. The van der Waals surface area contributed by atoms with Crippen molar-refractivity contribution in [1.82, 2.24) is 9.80 Å². The van der Waals surface area contributed by atoms with Crippen LogP contribution in [0.5, 0.6) is 5.75 Å². The molecule has 0 saturated carbocycles. The maximum atomic E-state index is 10.3. The van der Waals surface area contributed by atoms with E-state index in [0.29, 0.717) is 6.04 Å². The number of carbonyl (C=O) groups excluding carboxylic acids is 1. The molecule has 0 aromatic heterocycles. The van der Waals surface area contributed by atoms with E-state index in [1.54, 1.807) is 7.11 Å². The van der Waals surface area contributed by atoms with Gasteiger partial charge in [0.2, 0.25) is 6.41 Å². The zero-order chi connectivity index (χ0) is 17.1. The van der Waals surface area contributed by atoms with E-state index in [-0.39, 0.29) is 0 Å². The highest BCUT2D eigenvalue weighted by molar-refractivity contribution is 5.47. The molecule has 1 aliphatic rings. The van der Waals surface area contributed by atoms with E-state index < -0.39 is 0 Å². The molecule has 22 heavy (non-hydrogen) atoms. The normalized spacial score (nSPS) is 16.4. The number of hydrogen-bond acceptors (Lipinski definition) is 3. The van der Waals surface area contributed by atoms with Crippen LogP contribution in [0.15, 0.2) is 18.2 Å². The number of amides is 1. The Morgan fingerprint density at radius 2 is 1.91 bits per heavy atom. The SMILES string of the molecule is CC.CN(C)C1CCN(C=O)C1.COc1cc(C)ccc1C. The second-order valence-electron chi connectivity index (χ2n) is 5.48. The molecule has 1 heterocycles. The van der Waals surface area contributed by atoms with Crippen molar-refractivity contribution in [2.24, 2.45) is 0 Å². The number of aryl methyl sites for hydroxylation is 2. The maximum absolute atomic E-state index is 10.3. The Morgan fingerprint density at radius 1 is 1.27 bits per heavy atom. The lowest BCUT2D eigenvalue weighted by atomic mass is 10.1. The number of rotatable bonds is 3. The summed E-state index contributed by atoms with van der Waals surface area (Å²) in [7, 11) is 5.81. The predicted octanol–water partition coefficient (Wildman–Crippen LogP) is 3.12. The second-order valence-corrected chi connectivity index (χ2v) is 5.48. The number of nitrogens with zero attached hydrogens (tertiary/aromatic N) is 2. The summed E-state index contributed by atoms with van der Waals surface area (Å²) in [4.78, 5) is 14.3. The highest BCUT2D eigenvalue weighted by Crippen LogP contribution is 2.17. The van der Waals surface area contributed by atoms with Crippen LogP contribution < -0.4 is 4.74 Å². The first-order valence-electron chi connectivity index (χ1n) is 7.95. The van der Waals surface area contributed by atoms with Crippen molar-refractivity contribution in [1.29, 1.82) is 0 Å². The van der Waals surface area contributed by atoms with Gasteiger partial charge in [0, 0.05) is 19.1 Å². The predicted molar refractivity (Wildman–Crippen MR) is 93.5 cm³/mol. The lowest BCUT2D eigenvalue weighted by Crippen LogP contribution is -2.30. The fourth-order valence-electron chi connectivity index (χ4n) is 2.21. The molecule has 0 spiro atoms. The summed E-state index contributed by atoms with van der Waals surface area (Å²) in [6, 6.07) is 6.76. The molecule has 1 saturated heterocycles. The molecule has 0 bridgehead atoms. The Balaban J connectivity index is 0.000000360. The van der Waals surface area contributed by atoms with Crippen molar-refractivity contribution < 1.29 is 9.53 Å². The Bertz CT molecular complexity index is 433. The minimum atomic E-state index is 0.574. The molecule has 0 aliphatic carbocycles. The fourth-order valence-corrected chi connectivity index (χ4v) is 2.21. The van der Waals surface area contributed by atoms with E-state index in [0.717, 1.165) is 31.7 Å². The lowest BCUT2D eigenvalue weighted by Gasteiger charge is -2.17. The largest absolute Gasteiger partial charge is 0.496 e. The molecule has 1 amide bonds. The average Bonchev–Trinajstić information content (AvgIpc) is 3.01. The molecule has 1 fully saturated rings. The summed E-state index contributed by atoms with van der Waals surface area (Å²) in [5.74, 6) is 0.972. The third-order valence-corrected chi connectivity index (χ3v) is 3.64. The summed E-state index contributed by atoms with van der Waals surface area (Å²) in [6.45, 7) is 9.92. The van der Waals surface area contributed by atoms with Crippen molar-refractivity contribution in [3.63, 3.8) is 0 Å². The zero-order valence-corrected chi connectivity index (χ0v) is 15.2. The summed E-state index contributed by atoms with van der Waals surface area (Å²) in [6.07, 6.45) is 2.05. The number of likely N-dealkylation sites (tertiary alicyclic amines) is 1. The molecular formula is C18H32N2O2. The van der Waals surface area contributed by atoms with Gasteiger partial charge in [-0.3, -0.25) is 4.79 Å². The molecule has 2 rings (SSSR count). The number of ether oxygens (including phenoxy) is 1. The molecule has 0 N–H and O–H groups in total. The molecule has 1 aliphatic heterocycles. The topological polar surface area (TPSA) is 32.8 Å². The van der Waals surface area contributed by atoms with Crippen molar-refractivity contribution in [3.05, 3.63) is 29.3 Å². The Kier molecular flexibility index (Phi) is 10.3. The summed E-state index contributed by atoms with van der Waals surface area (Å²) >= 11 is 0. The second kappa shape index (κ2) is 11.1. The first-order chi connectivity index (χ1) is 10.5. The molecule has 0 radical (unpaired) electrons. The van der Waals surface area contributed by atoms with Gasteiger partial charge in [-0.2, -0.15) is 0 Å². The van der Waals surface area contributed by atoms with Crippen LogP contribution in [0, 0.1) is 13.8 Å². The smallest absolute Gasteiger partial charge is 0.209 e. The standard InChI is InChI=1S/C9H12O.C7H14N2O.C2H6/c1-7-4-5-8(2)9(6-7)10-3;1-8(2)7-3-4-9(5-7)6-10;1-2/h4-6H,1-3H3;6-7H,3-5H2,1-2H3;1-2H3. The maximum Gasteiger partial charge on any atom is 0.209 e. The molecule has 1 unspecified atom stereocenters. The Morgan fingerprint density at radius 3 is 2.27 bits per heavy atom. The van der Waals surface area contributed by atoms with Gasteiger partial charge < -0.3 is 14.5 Å². The van der Waals surface area contributed by atoms with Crippen molar-refractivity contribution in [2.45, 2.75) is 40.2 Å². The number of hydrogen-bond donors (Lipinski definition) is 0. The van der Waals surface area contributed by atoms with Crippen molar-refractivity contribution in [2.75, 3.05) is 34.3 Å². The third-order valence-electron chi connectivity index (χ3n) is 3.64. The Hall–Kier alpha value is -1.55. The number of benzene rings is 1. The summed E-state index contributed by atoms with van der Waals surface area (Å²) in [5.41, 5.74) is 2.43. The summed E-state index contributed by atoms with van der Waals surface area (Å²) < 4.78 is 5.13. The molecule has 126 valence electrons. The van der Waals surface area contributed by atoms with E-state index in [1.165, 1.54) is 11.1 Å². The number of methoxy groups -OCH3 is 1. The minimum Gasteiger partial charge on any atom is -0.496 e. The Labute approximate surface area is 136 Å². The highest BCUT2D eigenvalue weighted by Gasteiger charge is 2.21. The van der Waals surface area contributed by atoms with Crippen LogP contribution in [0.2, 0.25) is 0 Å². The van der Waals surface area contributed by atoms with Crippen LogP contribution in [0.3, 0.4) is 0 Å². The van der Waals surface area contributed by atoms with E-state index in [9.17, 15) is 4.79 Å². The molecular weight excluding hydrogens is 276 g/mol. The van der Waals surface area contributed by atoms with Gasteiger partial charge in [-0.1, -0.05) is 26.0 Å². The minimum absolute atomic E-state index is 0.574. The van der Waals surface area contributed by atoms with Crippen molar-refractivity contribution in [3.8, 4) is 5.75 Å². The number of likely N-dealkylation sites (N-methyl/N-ethyl adjacent to an activating group) is 1. The van der Waals surface area contributed by atoms with Gasteiger partial charge in [0.05, 0.1) is 7.11 Å². The summed E-state index contributed by atoms with van der Waals surface area (Å²) in [5, 5.41) is 0. The van der Waals surface area contributed by atoms with Crippen LogP contribution in [0.1, 0.15) is 31.4 Å². The lowest BCUT2D eigenvalue weighted by molar-refractivity contribution is -0.117. The van der Waals surface area contributed by atoms with Crippen LogP contribution in [-0.2, 0) is 4.79 Å². The zero-order valence-electron chi connectivity index (χ0n) is 15.2. The van der Waals surface area contributed by atoms with Gasteiger partial charge in [0.15, 0.2) is 0 Å². The molecule has 1 aromatic rings. The van der Waals surface area contributed by atoms with E-state index >= 15 is 0 Å². The van der Waals surface area contributed by atoms with Crippen LogP contribution in [0.4, 0.5) is 0 Å². The van der Waals surface area contributed by atoms with Crippen LogP contribution in [0.25, 0.3) is 0 Å². The molecule has 1 aromatic carbocycles. The van der Waals surface area contributed by atoms with Gasteiger partial charge in [0.25, 0.3) is 0 Å². The van der Waals surface area contributed by atoms with E-state index in [4.69, 9.17) is 4.74 Å². The van der Waals surface area contributed by atoms with E-state index in [2.05, 4.69) is 38.1 Å². The van der Waals surface area contributed by atoms with Crippen molar-refractivity contribution >= 4 is 6.41 Å². The first kappa shape index (κ1) is 20.5. The van der Waals surface area contributed by atoms with Gasteiger partial charge in [-0.15, -0.1) is 0 Å². The molecule has 4 heteroatoms. The first-order valence-corrected chi connectivity index (χ1v) is 7.95. The molecule has 1 atom stereocenters. The van der Waals surface area contributed by atoms with E-state index in [1.807, 2.05) is 31.7 Å². The van der Waals surface area contributed by atoms with Crippen LogP contribution in [-0.4, -0.2) is 56.5 Å². The third kappa shape index (κ3) is 6.94. The quantitative estimate of drug-likeness (QED) is 0.804. The van der Waals surface area contributed by atoms with Crippen LogP contribution >= 0.6 is 0 Å². The fraction of sp³-hybridized carbons (Fsp3) is 0.611. The number of carbonyl (C=O) groups is 1. The van der Waals surface area contributed by atoms with Gasteiger partial charge in [-0.25, -0.2) is 0 Å².